The number of aromatic nitrogens is 1. The van der Waals surface area contributed by atoms with E-state index in [1.165, 1.54) is 24.2 Å². The van der Waals surface area contributed by atoms with Gasteiger partial charge in [0.1, 0.15) is 0 Å². The van der Waals surface area contributed by atoms with Crippen LogP contribution in [0.5, 0.6) is 0 Å². The van der Waals surface area contributed by atoms with Crippen molar-refractivity contribution in [1.82, 2.24) is 4.98 Å². The van der Waals surface area contributed by atoms with E-state index in [1.54, 1.807) is 5.38 Å². The first kappa shape index (κ1) is 14.0. The average molecular weight is 256 g/mol. The summed E-state index contributed by atoms with van der Waals surface area (Å²) in [5.74, 6) is -0.234. The number of hydrogen-bond acceptors (Lipinski definition) is 4. The van der Waals surface area contributed by atoms with Crippen LogP contribution in [-0.2, 0) is 0 Å². The normalized spacial score (nSPS) is 12.7. The molecule has 0 aromatic carbocycles. The number of nitrogens with one attached hydrogen (secondary N) is 1. The molecule has 0 aliphatic carbocycles. The first-order valence-electron chi connectivity index (χ1n) is 5.94. The highest BCUT2D eigenvalue weighted by Gasteiger charge is 2.10. The molecule has 1 rings (SSSR count). The number of carbonyl (C=O) groups is 1. The summed E-state index contributed by atoms with van der Waals surface area (Å²) < 4.78 is 0. The molecule has 1 aromatic heterocycles. The van der Waals surface area contributed by atoms with Gasteiger partial charge in [0, 0.05) is 11.4 Å². The minimum atomic E-state index is -0.971. The molecule has 1 aromatic rings. The molecule has 96 valence electrons. The van der Waals surface area contributed by atoms with Crippen LogP contribution >= 0.6 is 11.3 Å². The van der Waals surface area contributed by atoms with E-state index < -0.39 is 5.97 Å². The van der Waals surface area contributed by atoms with Crippen LogP contribution in [0.3, 0.4) is 0 Å². The molecule has 4 nitrogen and oxygen atoms in total. The second-order valence-electron chi connectivity index (χ2n) is 4.71. The van der Waals surface area contributed by atoms with Crippen molar-refractivity contribution in [2.75, 3.05) is 5.32 Å². The topological polar surface area (TPSA) is 62.2 Å². The van der Waals surface area contributed by atoms with E-state index in [9.17, 15) is 4.79 Å². The number of hydrogen-bond donors (Lipinski definition) is 2. The lowest BCUT2D eigenvalue weighted by Crippen LogP contribution is -2.15. The minimum Gasteiger partial charge on any atom is -0.476 e. The average Bonchev–Trinajstić information content (AvgIpc) is 2.65. The van der Waals surface area contributed by atoms with Crippen LogP contribution < -0.4 is 5.32 Å². The van der Waals surface area contributed by atoms with E-state index in [4.69, 9.17) is 5.11 Å². The molecule has 0 saturated carbocycles. The summed E-state index contributed by atoms with van der Waals surface area (Å²) >= 11 is 1.34. The first-order valence-corrected chi connectivity index (χ1v) is 6.82. The van der Waals surface area contributed by atoms with Crippen molar-refractivity contribution in [1.29, 1.82) is 0 Å². The van der Waals surface area contributed by atoms with E-state index in [0.717, 1.165) is 12.3 Å². The van der Waals surface area contributed by atoms with Gasteiger partial charge in [-0.25, -0.2) is 9.78 Å². The fourth-order valence-electron chi connectivity index (χ4n) is 1.55. The van der Waals surface area contributed by atoms with Gasteiger partial charge in [0.05, 0.1) is 0 Å². The molecule has 0 radical (unpaired) electrons. The number of carboxylic acid groups (broad SMARTS) is 1. The van der Waals surface area contributed by atoms with Gasteiger partial charge in [0.15, 0.2) is 10.8 Å². The second kappa shape index (κ2) is 6.59. The third-order valence-electron chi connectivity index (χ3n) is 2.51. The molecule has 0 aliphatic heterocycles. The van der Waals surface area contributed by atoms with Crippen molar-refractivity contribution in [3.63, 3.8) is 0 Å². The molecule has 0 bridgehead atoms. The monoisotopic (exact) mass is 256 g/mol. The van der Waals surface area contributed by atoms with Crippen LogP contribution in [0.25, 0.3) is 0 Å². The Labute approximate surface area is 106 Å². The predicted octanol–water partition coefficient (Wildman–Crippen LogP) is 3.47. The lowest BCUT2D eigenvalue weighted by molar-refractivity contribution is 0.0691. The molecule has 0 spiro atoms. The first-order chi connectivity index (χ1) is 7.99. The van der Waals surface area contributed by atoms with E-state index >= 15 is 0 Å². The van der Waals surface area contributed by atoms with Gasteiger partial charge in [-0.05, 0) is 19.3 Å². The maximum atomic E-state index is 10.7. The molecule has 17 heavy (non-hydrogen) atoms. The molecule has 0 fully saturated rings. The van der Waals surface area contributed by atoms with Crippen LogP contribution in [0, 0.1) is 5.92 Å². The highest BCUT2D eigenvalue weighted by Crippen LogP contribution is 2.18. The summed E-state index contributed by atoms with van der Waals surface area (Å²) in [5, 5.41) is 14.2. The third kappa shape index (κ3) is 5.17. The Morgan fingerprint density at radius 1 is 1.47 bits per heavy atom. The Bertz CT molecular complexity index is 363. The molecular weight excluding hydrogens is 236 g/mol. The highest BCUT2D eigenvalue weighted by molar-refractivity contribution is 7.13. The number of anilines is 1. The SMILES string of the molecule is CC(C)CCCC(C)Nc1nc(C(=O)O)cs1. The summed E-state index contributed by atoms with van der Waals surface area (Å²) in [6.07, 6.45) is 3.49. The van der Waals surface area contributed by atoms with Gasteiger partial charge in [0.25, 0.3) is 0 Å². The number of carboxylic acids is 1. The Balaban J connectivity index is 2.34. The van der Waals surface area contributed by atoms with Gasteiger partial charge in [-0.1, -0.05) is 26.7 Å². The maximum absolute atomic E-state index is 10.7. The summed E-state index contributed by atoms with van der Waals surface area (Å²) in [7, 11) is 0. The molecule has 0 amide bonds. The third-order valence-corrected chi connectivity index (χ3v) is 3.29. The zero-order valence-corrected chi connectivity index (χ0v) is 11.4. The van der Waals surface area contributed by atoms with Gasteiger partial charge < -0.3 is 10.4 Å². The fourth-order valence-corrected chi connectivity index (χ4v) is 2.35. The number of thiazole rings is 1. The zero-order valence-electron chi connectivity index (χ0n) is 10.6. The lowest BCUT2D eigenvalue weighted by atomic mass is 10.0. The predicted molar refractivity (Wildman–Crippen MR) is 70.8 cm³/mol. The molecular formula is C12H20N2O2S. The summed E-state index contributed by atoms with van der Waals surface area (Å²) in [4.78, 5) is 14.7. The van der Waals surface area contributed by atoms with Gasteiger partial charge in [-0.15, -0.1) is 11.3 Å². The Morgan fingerprint density at radius 3 is 2.71 bits per heavy atom. The summed E-state index contributed by atoms with van der Waals surface area (Å²) in [6, 6.07) is 0.335. The Hall–Kier alpha value is -1.10. The van der Waals surface area contributed by atoms with E-state index in [0.29, 0.717) is 11.2 Å². The quantitative estimate of drug-likeness (QED) is 0.784. The second-order valence-corrected chi connectivity index (χ2v) is 5.57. The zero-order chi connectivity index (χ0) is 12.8. The van der Waals surface area contributed by atoms with E-state index in [1.807, 2.05) is 0 Å². The summed E-state index contributed by atoms with van der Waals surface area (Å²) in [5.41, 5.74) is 0.117. The van der Waals surface area contributed by atoms with Gasteiger partial charge in [0.2, 0.25) is 0 Å². The Morgan fingerprint density at radius 2 is 2.18 bits per heavy atom. The van der Waals surface area contributed by atoms with Gasteiger partial charge >= 0.3 is 5.97 Å². The van der Waals surface area contributed by atoms with Crippen molar-refractivity contribution < 1.29 is 9.90 Å². The van der Waals surface area contributed by atoms with Crippen LogP contribution in [0.2, 0.25) is 0 Å². The van der Waals surface area contributed by atoms with Crippen molar-refractivity contribution >= 4 is 22.4 Å². The molecule has 1 unspecified atom stereocenters. The highest BCUT2D eigenvalue weighted by atomic mass is 32.1. The molecule has 1 atom stereocenters. The largest absolute Gasteiger partial charge is 0.476 e. The van der Waals surface area contributed by atoms with Crippen LogP contribution in [0.4, 0.5) is 5.13 Å². The number of rotatable bonds is 7. The summed E-state index contributed by atoms with van der Waals surface area (Å²) in [6.45, 7) is 6.54. The van der Waals surface area contributed by atoms with Crippen molar-refractivity contribution in [3.8, 4) is 0 Å². The molecule has 0 aliphatic rings. The molecule has 2 N–H and O–H groups in total. The van der Waals surface area contributed by atoms with Crippen LogP contribution in [0.1, 0.15) is 50.5 Å². The van der Waals surface area contributed by atoms with Crippen molar-refractivity contribution in [3.05, 3.63) is 11.1 Å². The van der Waals surface area contributed by atoms with Gasteiger partial charge in [-0.3, -0.25) is 0 Å². The smallest absolute Gasteiger partial charge is 0.355 e. The van der Waals surface area contributed by atoms with E-state index in [-0.39, 0.29) is 5.69 Å². The lowest BCUT2D eigenvalue weighted by Gasteiger charge is -2.13. The fraction of sp³-hybridized carbons (Fsp3) is 0.667. The standard InChI is InChI=1S/C12H20N2O2S/c1-8(2)5-4-6-9(3)13-12-14-10(7-17-12)11(15)16/h7-9H,4-6H2,1-3H3,(H,13,14)(H,15,16). The molecule has 5 heteroatoms. The number of aromatic carboxylic acids is 1. The van der Waals surface area contributed by atoms with Crippen molar-refractivity contribution in [2.24, 2.45) is 5.92 Å². The van der Waals surface area contributed by atoms with Crippen LogP contribution in [-0.4, -0.2) is 22.1 Å². The number of nitrogens with zero attached hydrogens (tertiary/aromatic N) is 1. The maximum Gasteiger partial charge on any atom is 0.355 e. The molecule has 1 heterocycles. The minimum absolute atomic E-state index is 0.117. The van der Waals surface area contributed by atoms with Gasteiger partial charge in [-0.2, -0.15) is 0 Å². The molecule has 0 saturated heterocycles. The van der Waals surface area contributed by atoms with E-state index in [2.05, 4.69) is 31.1 Å². The van der Waals surface area contributed by atoms with Crippen LogP contribution in [0.15, 0.2) is 5.38 Å². The Kier molecular flexibility index (Phi) is 5.41. The van der Waals surface area contributed by atoms with Crippen molar-refractivity contribution in [2.45, 2.75) is 46.1 Å².